The molecule has 4 nitrogen and oxygen atoms in total. The number of morpholine rings is 1. The van der Waals surface area contributed by atoms with E-state index >= 15 is 0 Å². The van der Waals surface area contributed by atoms with Gasteiger partial charge < -0.3 is 9.64 Å². The van der Waals surface area contributed by atoms with E-state index in [0.717, 1.165) is 30.0 Å². The molecule has 1 radical (unpaired) electrons. The van der Waals surface area contributed by atoms with Gasteiger partial charge in [-0.05, 0) is 0 Å². The van der Waals surface area contributed by atoms with Crippen molar-refractivity contribution in [3.63, 3.8) is 0 Å². The van der Waals surface area contributed by atoms with Crippen LogP contribution in [-0.4, -0.2) is 59.8 Å². The zero-order valence-corrected chi connectivity index (χ0v) is 17.7. The Morgan fingerprint density at radius 3 is 2.18 bits per heavy atom. The number of ether oxygens (including phenoxy) is 1. The Bertz CT molecular complexity index is 881. The predicted molar refractivity (Wildman–Crippen MR) is 116 cm³/mol. The minimum atomic E-state index is -0.0554. The van der Waals surface area contributed by atoms with E-state index in [4.69, 9.17) is 4.74 Å². The molecule has 1 unspecified atom stereocenters. The molecule has 0 bridgehead atoms. The maximum atomic E-state index is 9.43. The van der Waals surface area contributed by atoms with Crippen LogP contribution in [0.4, 0.5) is 0 Å². The van der Waals surface area contributed by atoms with E-state index in [1.165, 1.54) is 13.1 Å². The van der Waals surface area contributed by atoms with Crippen LogP contribution in [0.25, 0.3) is 11.1 Å². The summed E-state index contributed by atoms with van der Waals surface area (Å²) in [5, 5.41) is 9.43. The zero-order valence-electron chi connectivity index (χ0n) is 16.0. The second-order valence-electron chi connectivity index (χ2n) is 6.82. The van der Waals surface area contributed by atoms with Crippen LogP contribution in [0.3, 0.4) is 0 Å². The molecule has 2 heterocycles. The van der Waals surface area contributed by atoms with Gasteiger partial charge in [-0.2, -0.15) is 0 Å². The molecule has 1 saturated heterocycles. The van der Waals surface area contributed by atoms with Gasteiger partial charge in [0.25, 0.3) is 0 Å². The van der Waals surface area contributed by atoms with E-state index in [2.05, 4.69) is 40.0 Å². The summed E-state index contributed by atoms with van der Waals surface area (Å²) in [6.07, 6.45) is 2.06. The van der Waals surface area contributed by atoms with Gasteiger partial charge in [0.1, 0.15) is 13.1 Å². The molecule has 2 aromatic rings. The Morgan fingerprint density at radius 2 is 1.64 bits per heavy atom. The van der Waals surface area contributed by atoms with Gasteiger partial charge in [-0.25, -0.2) is 0 Å². The molecule has 1 atom stereocenters. The number of allylic oxidation sites excluding steroid dienone is 2. The average molecular weight is 437 g/mol. The number of nitrogens with one attached hydrogen (secondary N) is 1. The SMILES string of the molecule is C[NH+]1CCOCC1.[N-]=C=C1C([Se])=NC(c2ccccc2)=CC1c1ccccc1. The number of quaternary nitrogens is 1. The third-order valence-corrected chi connectivity index (χ3v) is 5.44. The summed E-state index contributed by atoms with van der Waals surface area (Å²) in [6.45, 7) is 4.26. The molecule has 2 aliphatic heterocycles. The Kier molecular flexibility index (Phi) is 7.55. The molecular formula is C23H24N3OSe. The normalized spacial score (nSPS) is 19.6. The van der Waals surface area contributed by atoms with Crippen molar-refractivity contribution in [3.05, 3.63) is 88.8 Å². The van der Waals surface area contributed by atoms with E-state index < -0.39 is 0 Å². The summed E-state index contributed by atoms with van der Waals surface area (Å²) in [5.74, 6) is 2.23. The van der Waals surface area contributed by atoms with Crippen molar-refractivity contribution in [2.75, 3.05) is 33.4 Å². The van der Waals surface area contributed by atoms with Crippen LogP contribution in [-0.2, 0) is 4.74 Å². The van der Waals surface area contributed by atoms with Crippen molar-refractivity contribution < 1.29 is 9.64 Å². The third-order valence-electron chi connectivity index (χ3n) is 4.78. The number of nitrogens with zero attached hydrogens (tertiary/aromatic N) is 2. The van der Waals surface area contributed by atoms with E-state index in [-0.39, 0.29) is 5.92 Å². The second-order valence-corrected chi connectivity index (χ2v) is 7.63. The van der Waals surface area contributed by atoms with Crippen LogP contribution in [0.2, 0.25) is 0 Å². The van der Waals surface area contributed by atoms with Gasteiger partial charge in [-0.1, -0.05) is 0 Å². The van der Waals surface area contributed by atoms with Gasteiger partial charge in [-0.15, -0.1) is 0 Å². The summed E-state index contributed by atoms with van der Waals surface area (Å²) in [4.78, 5) is 6.13. The minimum absolute atomic E-state index is 0.0554. The first-order valence-electron chi connectivity index (χ1n) is 9.43. The van der Waals surface area contributed by atoms with E-state index in [0.29, 0.717) is 10.2 Å². The Hall–Kier alpha value is -2.26. The summed E-state index contributed by atoms with van der Waals surface area (Å²) >= 11 is 2.93. The Morgan fingerprint density at radius 1 is 1.04 bits per heavy atom. The molecule has 4 rings (SSSR count). The van der Waals surface area contributed by atoms with Gasteiger partial charge in [0, 0.05) is 0 Å². The topological polar surface area (TPSA) is 48.3 Å². The van der Waals surface area contributed by atoms with Crippen molar-refractivity contribution in [1.82, 2.24) is 0 Å². The van der Waals surface area contributed by atoms with Crippen LogP contribution in [0.5, 0.6) is 0 Å². The number of aliphatic imine (C=N–C) groups is 1. The Balaban J connectivity index is 0.000000271. The molecule has 1 fully saturated rings. The van der Waals surface area contributed by atoms with Gasteiger partial charge in [0.05, 0.1) is 20.3 Å². The van der Waals surface area contributed by atoms with Crippen LogP contribution in [0, 0.1) is 0 Å². The fourth-order valence-corrected chi connectivity index (χ4v) is 3.68. The molecule has 0 saturated carbocycles. The molecule has 2 aromatic carbocycles. The van der Waals surface area contributed by atoms with Crippen LogP contribution < -0.4 is 4.90 Å². The van der Waals surface area contributed by atoms with Crippen molar-refractivity contribution >= 4 is 32.2 Å². The van der Waals surface area contributed by atoms with Crippen LogP contribution in [0.15, 0.2) is 77.3 Å². The summed E-state index contributed by atoms with van der Waals surface area (Å²) < 4.78 is 5.79. The number of rotatable bonds is 2. The van der Waals surface area contributed by atoms with Crippen LogP contribution >= 0.6 is 0 Å². The first-order chi connectivity index (χ1) is 13.7. The zero-order chi connectivity index (χ0) is 19.8. The predicted octanol–water partition coefficient (Wildman–Crippen LogP) is 2.09. The number of hydrogen-bond acceptors (Lipinski definition) is 2. The molecule has 0 aromatic heterocycles. The van der Waals surface area contributed by atoms with Crippen molar-refractivity contribution in [3.8, 4) is 0 Å². The number of hydrogen-bond donors (Lipinski definition) is 1. The van der Waals surface area contributed by atoms with E-state index in [1.54, 1.807) is 4.90 Å². The first-order valence-corrected chi connectivity index (χ1v) is 10.3. The molecule has 0 amide bonds. The van der Waals surface area contributed by atoms with Crippen molar-refractivity contribution in [2.45, 2.75) is 5.92 Å². The monoisotopic (exact) mass is 438 g/mol. The van der Waals surface area contributed by atoms with Gasteiger partial charge >= 0.3 is 132 Å². The van der Waals surface area contributed by atoms with Crippen LogP contribution in [0.1, 0.15) is 17.0 Å². The summed E-state index contributed by atoms with van der Waals surface area (Å²) in [6, 6.07) is 20.1. The number of benzene rings is 2. The Labute approximate surface area is 175 Å². The third kappa shape index (κ3) is 5.39. The maximum absolute atomic E-state index is 9.43. The fourth-order valence-electron chi connectivity index (χ4n) is 3.11. The average Bonchev–Trinajstić information content (AvgIpc) is 2.75. The quantitative estimate of drug-likeness (QED) is 0.568. The van der Waals surface area contributed by atoms with Crippen molar-refractivity contribution in [1.29, 1.82) is 0 Å². The van der Waals surface area contributed by atoms with Crippen molar-refractivity contribution in [2.24, 2.45) is 4.99 Å². The second kappa shape index (κ2) is 10.3. The van der Waals surface area contributed by atoms with E-state index in [1.807, 2.05) is 60.7 Å². The van der Waals surface area contributed by atoms with E-state index in [9.17, 15) is 5.41 Å². The summed E-state index contributed by atoms with van der Waals surface area (Å²) in [5.41, 5.74) is 3.73. The molecule has 2 aliphatic rings. The standard InChI is InChI=1S/C18H12N2Se.C5H11NO/c19-12-16-15(13-7-3-1-4-8-13)11-17(20-18(16)21)14-9-5-2-6-10-14;1-6-2-4-7-5-3-6/h1-11,15H;2-5H2,1H3/q-1;/p+1. The summed E-state index contributed by atoms with van der Waals surface area (Å²) in [7, 11) is 2.20. The first kappa shape index (κ1) is 20.5. The molecular weight excluding hydrogens is 413 g/mol. The molecule has 0 spiro atoms. The van der Waals surface area contributed by atoms with Gasteiger partial charge in [0.15, 0.2) is 0 Å². The van der Waals surface area contributed by atoms with Gasteiger partial charge in [-0.3, -0.25) is 0 Å². The molecule has 28 heavy (non-hydrogen) atoms. The molecule has 1 N–H and O–H groups in total. The molecule has 5 heteroatoms. The number of likely N-dealkylation sites (N-methyl/N-ethyl adjacent to an activating group) is 1. The fraction of sp³-hybridized carbons (Fsp3) is 0.261. The molecule has 0 aliphatic carbocycles. The molecule has 143 valence electrons. The van der Waals surface area contributed by atoms with Gasteiger partial charge in [0.2, 0.25) is 0 Å².